The zero-order valence-corrected chi connectivity index (χ0v) is 11.3. The lowest BCUT2D eigenvalue weighted by Crippen LogP contribution is -2.25. The van der Waals surface area contributed by atoms with Crippen molar-refractivity contribution in [2.75, 3.05) is 24.1 Å². The summed E-state index contributed by atoms with van der Waals surface area (Å²) in [6, 6.07) is 3.77. The smallest absolute Gasteiger partial charge is 0.228 e. The molecule has 5 heteroatoms. The number of nitrogen functional groups attached to an aromatic ring is 1. The number of carbonyl (C=O) groups excluding carboxylic acids is 1. The topological polar surface area (TPSA) is 67.2 Å². The molecular formula is C12H16BrN3O. The number of aryl methyl sites for hydroxylation is 1. The summed E-state index contributed by atoms with van der Waals surface area (Å²) in [5.74, 6) is 0.0906. The summed E-state index contributed by atoms with van der Waals surface area (Å²) < 4.78 is 0.920. The Hall–Kier alpha value is -1.07. The fraction of sp³-hybridized carbons (Fsp3) is 0.417. The van der Waals surface area contributed by atoms with Crippen LogP contribution in [0.25, 0.3) is 0 Å². The molecule has 1 fully saturated rings. The van der Waals surface area contributed by atoms with Gasteiger partial charge >= 0.3 is 0 Å². The van der Waals surface area contributed by atoms with Gasteiger partial charge in [-0.05, 0) is 37.6 Å². The predicted octanol–water partition coefficient (Wildman–Crippen LogP) is 1.89. The van der Waals surface area contributed by atoms with Crippen LogP contribution in [0.5, 0.6) is 0 Å². The van der Waals surface area contributed by atoms with Gasteiger partial charge in [-0.25, -0.2) is 0 Å². The minimum absolute atomic E-state index is 0.0409. The van der Waals surface area contributed by atoms with E-state index in [1.807, 2.05) is 19.1 Å². The van der Waals surface area contributed by atoms with Crippen LogP contribution in [0.2, 0.25) is 0 Å². The monoisotopic (exact) mass is 297 g/mol. The van der Waals surface area contributed by atoms with Crippen LogP contribution in [0.1, 0.15) is 12.0 Å². The number of amides is 1. The molecule has 0 aromatic heterocycles. The fourth-order valence-corrected chi connectivity index (χ4v) is 2.54. The Morgan fingerprint density at radius 2 is 2.35 bits per heavy atom. The Morgan fingerprint density at radius 1 is 1.59 bits per heavy atom. The largest absolute Gasteiger partial charge is 0.397 e. The lowest BCUT2D eigenvalue weighted by molar-refractivity contribution is -0.119. The highest BCUT2D eigenvalue weighted by Crippen LogP contribution is 2.28. The molecule has 92 valence electrons. The van der Waals surface area contributed by atoms with E-state index in [4.69, 9.17) is 5.73 Å². The zero-order chi connectivity index (χ0) is 12.4. The van der Waals surface area contributed by atoms with Gasteiger partial charge in [-0.1, -0.05) is 15.9 Å². The second-order valence-electron chi connectivity index (χ2n) is 4.36. The van der Waals surface area contributed by atoms with Crippen molar-refractivity contribution >= 4 is 33.2 Å². The molecule has 17 heavy (non-hydrogen) atoms. The molecule has 2 rings (SSSR count). The van der Waals surface area contributed by atoms with Gasteiger partial charge in [0.15, 0.2) is 0 Å². The lowest BCUT2D eigenvalue weighted by Gasteiger charge is -2.13. The molecule has 4 nitrogen and oxygen atoms in total. The highest BCUT2D eigenvalue weighted by Gasteiger charge is 2.23. The average Bonchev–Trinajstić information content (AvgIpc) is 2.78. The standard InChI is InChI=1S/C12H16BrN3O/c1-7-4-9(13)5-10(11(7)14)16-12(17)8-2-3-15-6-8/h4-5,8,15H,2-3,6,14H2,1H3,(H,16,17). The molecule has 1 aromatic carbocycles. The highest BCUT2D eigenvalue weighted by molar-refractivity contribution is 9.10. The predicted molar refractivity (Wildman–Crippen MR) is 72.9 cm³/mol. The van der Waals surface area contributed by atoms with Crippen molar-refractivity contribution in [1.82, 2.24) is 5.32 Å². The molecule has 4 N–H and O–H groups in total. The molecule has 0 bridgehead atoms. The average molecular weight is 298 g/mol. The van der Waals surface area contributed by atoms with Crippen molar-refractivity contribution in [1.29, 1.82) is 0 Å². The summed E-state index contributed by atoms with van der Waals surface area (Å²) in [6.07, 6.45) is 0.888. The minimum Gasteiger partial charge on any atom is -0.397 e. The van der Waals surface area contributed by atoms with E-state index in [1.54, 1.807) is 0 Å². The number of benzene rings is 1. The summed E-state index contributed by atoms with van der Waals surface area (Å²) in [5.41, 5.74) is 8.23. The molecule has 1 unspecified atom stereocenters. The van der Waals surface area contributed by atoms with E-state index in [2.05, 4.69) is 26.6 Å². The maximum absolute atomic E-state index is 12.0. The third-order valence-electron chi connectivity index (χ3n) is 3.04. The van der Waals surface area contributed by atoms with Crippen LogP contribution in [0, 0.1) is 12.8 Å². The van der Waals surface area contributed by atoms with Crippen LogP contribution in [-0.2, 0) is 4.79 Å². The Labute approximate surface area is 109 Å². The maximum atomic E-state index is 12.0. The van der Waals surface area contributed by atoms with Crippen molar-refractivity contribution < 1.29 is 4.79 Å². The number of halogens is 1. The van der Waals surface area contributed by atoms with Crippen LogP contribution < -0.4 is 16.4 Å². The molecular weight excluding hydrogens is 282 g/mol. The quantitative estimate of drug-likeness (QED) is 0.730. The van der Waals surface area contributed by atoms with Gasteiger partial charge in [-0.15, -0.1) is 0 Å². The van der Waals surface area contributed by atoms with Gasteiger partial charge in [-0.3, -0.25) is 4.79 Å². The van der Waals surface area contributed by atoms with Gasteiger partial charge in [0.25, 0.3) is 0 Å². The van der Waals surface area contributed by atoms with Crippen molar-refractivity contribution in [3.05, 3.63) is 22.2 Å². The Bertz CT molecular complexity index is 442. The third kappa shape index (κ3) is 2.79. The first kappa shape index (κ1) is 12.4. The number of carbonyl (C=O) groups is 1. The SMILES string of the molecule is Cc1cc(Br)cc(NC(=O)C2CCNC2)c1N. The lowest BCUT2D eigenvalue weighted by atomic mass is 10.1. The number of nitrogens with one attached hydrogen (secondary N) is 2. The van der Waals surface area contributed by atoms with Crippen LogP contribution in [0.3, 0.4) is 0 Å². The highest BCUT2D eigenvalue weighted by atomic mass is 79.9. The van der Waals surface area contributed by atoms with Gasteiger partial charge < -0.3 is 16.4 Å². The Morgan fingerprint density at radius 3 is 3.00 bits per heavy atom. The molecule has 1 aromatic rings. The molecule has 0 spiro atoms. The van der Waals surface area contributed by atoms with Crippen LogP contribution in [0.15, 0.2) is 16.6 Å². The van der Waals surface area contributed by atoms with E-state index in [0.717, 1.165) is 29.5 Å². The molecule has 1 amide bonds. The van der Waals surface area contributed by atoms with E-state index in [0.29, 0.717) is 11.4 Å². The molecule has 1 heterocycles. The van der Waals surface area contributed by atoms with Crippen LogP contribution >= 0.6 is 15.9 Å². The number of anilines is 2. The first-order valence-corrected chi connectivity index (χ1v) is 6.44. The van der Waals surface area contributed by atoms with Crippen molar-refractivity contribution in [3.8, 4) is 0 Å². The molecule has 1 aliphatic rings. The van der Waals surface area contributed by atoms with Gasteiger partial charge in [0.2, 0.25) is 5.91 Å². The summed E-state index contributed by atoms with van der Waals surface area (Å²) in [5, 5.41) is 6.07. The second kappa shape index (κ2) is 5.06. The first-order valence-electron chi connectivity index (χ1n) is 5.65. The van der Waals surface area contributed by atoms with Crippen LogP contribution in [-0.4, -0.2) is 19.0 Å². The van der Waals surface area contributed by atoms with Gasteiger partial charge in [-0.2, -0.15) is 0 Å². The number of hydrogen-bond acceptors (Lipinski definition) is 3. The van der Waals surface area contributed by atoms with Crippen molar-refractivity contribution in [3.63, 3.8) is 0 Å². The van der Waals surface area contributed by atoms with E-state index in [9.17, 15) is 4.79 Å². The second-order valence-corrected chi connectivity index (χ2v) is 5.28. The third-order valence-corrected chi connectivity index (χ3v) is 3.50. The molecule has 1 aliphatic heterocycles. The molecule has 0 aliphatic carbocycles. The Kier molecular flexibility index (Phi) is 3.69. The normalized spacial score (nSPS) is 19.3. The molecule has 0 radical (unpaired) electrons. The Balaban J connectivity index is 2.15. The number of nitrogens with two attached hydrogens (primary N) is 1. The number of rotatable bonds is 2. The summed E-state index contributed by atoms with van der Waals surface area (Å²) >= 11 is 3.40. The van der Waals surface area contributed by atoms with Crippen LogP contribution in [0.4, 0.5) is 11.4 Å². The van der Waals surface area contributed by atoms with E-state index in [-0.39, 0.29) is 11.8 Å². The molecule has 1 atom stereocenters. The summed E-state index contributed by atoms with van der Waals surface area (Å²) in [4.78, 5) is 12.0. The van der Waals surface area contributed by atoms with Gasteiger partial charge in [0.1, 0.15) is 0 Å². The molecule has 0 saturated carbocycles. The maximum Gasteiger partial charge on any atom is 0.228 e. The van der Waals surface area contributed by atoms with Gasteiger partial charge in [0.05, 0.1) is 17.3 Å². The van der Waals surface area contributed by atoms with Gasteiger partial charge in [0, 0.05) is 11.0 Å². The van der Waals surface area contributed by atoms with Crippen molar-refractivity contribution in [2.24, 2.45) is 5.92 Å². The number of hydrogen-bond donors (Lipinski definition) is 3. The van der Waals surface area contributed by atoms with Crippen molar-refractivity contribution in [2.45, 2.75) is 13.3 Å². The molecule has 1 saturated heterocycles. The van der Waals surface area contributed by atoms with E-state index < -0.39 is 0 Å². The summed E-state index contributed by atoms with van der Waals surface area (Å²) in [6.45, 7) is 3.58. The minimum atomic E-state index is 0.0409. The zero-order valence-electron chi connectivity index (χ0n) is 9.72. The first-order chi connectivity index (χ1) is 8.08. The van der Waals surface area contributed by atoms with E-state index in [1.165, 1.54) is 0 Å². The summed E-state index contributed by atoms with van der Waals surface area (Å²) in [7, 11) is 0. The fourth-order valence-electron chi connectivity index (χ4n) is 1.97. The van der Waals surface area contributed by atoms with E-state index >= 15 is 0 Å².